The molecule has 0 bridgehead atoms. The first kappa shape index (κ1) is 13.0. The normalized spacial score (nSPS) is 12.0. The lowest BCUT2D eigenvalue weighted by Gasteiger charge is -2.25. The molecule has 0 saturated heterocycles. The molecule has 1 N–H and O–H groups in total. The predicted molar refractivity (Wildman–Crippen MR) is 62.3 cm³/mol. The van der Waals surface area contributed by atoms with Crippen LogP contribution in [0, 0.1) is 5.82 Å². The molecule has 0 unspecified atom stereocenters. The van der Waals surface area contributed by atoms with Gasteiger partial charge >= 0.3 is 0 Å². The van der Waals surface area contributed by atoms with Gasteiger partial charge in [-0.3, -0.25) is 0 Å². The number of rotatable bonds is 3. The van der Waals surface area contributed by atoms with Gasteiger partial charge in [0, 0.05) is 11.6 Å². The molecule has 90 valence electrons. The van der Waals surface area contributed by atoms with Gasteiger partial charge in [-0.15, -0.1) is 0 Å². The lowest BCUT2D eigenvalue weighted by molar-refractivity contribution is 0.0766. The molecule has 0 aliphatic rings. The number of ether oxygens (including phenoxy) is 1. The van der Waals surface area contributed by atoms with Crippen molar-refractivity contribution < 1.29 is 14.2 Å². The molecule has 0 aliphatic carbocycles. The number of aliphatic hydroxyl groups is 1. The van der Waals surface area contributed by atoms with Crippen molar-refractivity contribution in [2.75, 3.05) is 7.11 Å². The van der Waals surface area contributed by atoms with E-state index in [1.807, 2.05) is 13.8 Å². The van der Waals surface area contributed by atoms with Gasteiger partial charge in [0.2, 0.25) is 0 Å². The number of methoxy groups -OCH3 is 1. The summed E-state index contributed by atoms with van der Waals surface area (Å²) in [5.41, 5.74) is 0.366. The summed E-state index contributed by atoms with van der Waals surface area (Å²) in [5, 5.41) is 10.0. The lowest BCUT2D eigenvalue weighted by atomic mass is 9.87. The highest BCUT2D eigenvalue weighted by molar-refractivity contribution is 5.45. The van der Waals surface area contributed by atoms with Gasteiger partial charge in [-0.1, -0.05) is 13.8 Å². The highest BCUT2D eigenvalue weighted by atomic mass is 19.1. The van der Waals surface area contributed by atoms with Crippen LogP contribution in [0.5, 0.6) is 5.75 Å². The summed E-state index contributed by atoms with van der Waals surface area (Å²) in [5.74, 6) is 0.266. The summed E-state index contributed by atoms with van der Waals surface area (Å²) < 4.78 is 18.6. The quantitative estimate of drug-likeness (QED) is 0.857. The van der Waals surface area contributed by atoms with E-state index in [1.54, 1.807) is 13.8 Å². The Bertz CT molecular complexity index is 378. The topological polar surface area (TPSA) is 29.5 Å². The van der Waals surface area contributed by atoms with Crippen LogP contribution in [-0.4, -0.2) is 12.2 Å². The molecule has 1 rings (SSSR count). The molecule has 1 aromatic rings. The highest BCUT2D eigenvalue weighted by Crippen LogP contribution is 2.36. The van der Waals surface area contributed by atoms with Crippen LogP contribution in [0.25, 0.3) is 0 Å². The molecule has 0 radical (unpaired) electrons. The maximum absolute atomic E-state index is 13.4. The van der Waals surface area contributed by atoms with Crippen molar-refractivity contribution in [1.82, 2.24) is 0 Å². The Labute approximate surface area is 96.1 Å². The monoisotopic (exact) mass is 226 g/mol. The van der Waals surface area contributed by atoms with Crippen LogP contribution in [-0.2, 0) is 5.60 Å². The van der Waals surface area contributed by atoms with E-state index in [1.165, 1.54) is 19.2 Å². The van der Waals surface area contributed by atoms with E-state index in [0.717, 1.165) is 5.56 Å². The molecular weight excluding hydrogens is 207 g/mol. The fraction of sp³-hybridized carbons (Fsp3) is 0.538. The minimum Gasteiger partial charge on any atom is -0.496 e. The van der Waals surface area contributed by atoms with Crippen molar-refractivity contribution in [3.05, 3.63) is 29.1 Å². The van der Waals surface area contributed by atoms with Crippen molar-refractivity contribution >= 4 is 0 Å². The number of benzene rings is 1. The maximum atomic E-state index is 13.4. The van der Waals surface area contributed by atoms with Gasteiger partial charge in [0.1, 0.15) is 11.6 Å². The molecule has 0 fully saturated rings. The molecule has 16 heavy (non-hydrogen) atoms. The SMILES string of the molecule is COc1cc(F)cc(C(C)(C)O)c1C(C)C. The molecule has 0 spiro atoms. The van der Waals surface area contributed by atoms with Crippen LogP contribution in [0.3, 0.4) is 0 Å². The number of halogens is 1. The minimum atomic E-state index is -1.07. The van der Waals surface area contributed by atoms with Crippen molar-refractivity contribution in [2.45, 2.75) is 39.2 Å². The summed E-state index contributed by atoms with van der Waals surface area (Å²) in [6, 6.07) is 2.72. The molecule has 3 heteroatoms. The summed E-state index contributed by atoms with van der Waals surface area (Å²) in [6.45, 7) is 7.27. The first-order chi connectivity index (χ1) is 7.27. The van der Waals surface area contributed by atoms with E-state index in [-0.39, 0.29) is 5.92 Å². The molecule has 0 saturated carbocycles. The fourth-order valence-electron chi connectivity index (χ4n) is 1.86. The van der Waals surface area contributed by atoms with Gasteiger partial charge in [0.25, 0.3) is 0 Å². The lowest BCUT2D eigenvalue weighted by Crippen LogP contribution is -2.19. The third-order valence-corrected chi connectivity index (χ3v) is 2.56. The fourth-order valence-corrected chi connectivity index (χ4v) is 1.86. The largest absolute Gasteiger partial charge is 0.496 e. The van der Waals surface area contributed by atoms with Crippen LogP contribution in [0.15, 0.2) is 12.1 Å². The van der Waals surface area contributed by atoms with E-state index in [2.05, 4.69) is 0 Å². The molecule has 0 amide bonds. The second-order valence-corrected chi connectivity index (χ2v) is 4.78. The second kappa shape index (κ2) is 4.42. The van der Waals surface area contributed by atoms with Gasteiger partial charge in [0.05, 0.1) is 12.7 Å². The van der Waals surface area contributed by atoms with Gasteiger partial charge in [-0.05, 0) is 31.4 Å². The summed E-state index contributed by atoms with van der Waals surface area (Å²) in [7, 11) is 1.51. The third kappa shape index (κ3) is 2.53. The predicted octanol–water partition coefficient (Wildman–Crippen LogP) is 3.19. The van der Waals surface area contributed by atoms with Gasteiger partial charge in [-0.2, -0.15) is 0 Å². The smallest absolute Gasteiger partial charge is 0.127 e. The van der Waals surface area contributed by atoms with Gasteiger partial charge in [0.15, 0.2) is 0 Å². The van der Waals surface area contributed by atoms with Crippen molar-refractivity contribution in [3.63, 3.8) is 0 Å². The van der Waals surface area contributed by atoms with E-state index < -0.39 is 11.4 Å². The molecule has 0 aliphatic heterocycles. The van der Waals surface area contributed by atoms with Crippen molar-refractivity contribution in [1.29, 1.82) is 0 Å². The van der Waals surface area contributed by atoms with Crippen LogP contribution < -0.4 is 4.74 Å². The minimum absolute atomic E-state index is 0.164. The molecule has 0 aromatic heterocycles. The molecule has 2 nitrogen and oxygen atoms in total. The molecular formula is C13H19FO2. The average molecular weight is 226 g/mol. The third-order valence-electron chi connectivity index (χ3n) is 2.56. The first-order valence-electron chi connectivity index (χ1n) is 5.37. The van der Waals surface area contributed by atoms with E-state index >= 15 is 0 Å². The Balaban J connectivity index is 3.51. The Morgan fingerprint density at radius 1 is 1.31 bits per heavy atom. The van der Waals surface area contributed by atoms with E-state index in [0.29, 0.717) is 11.3 Å². The van der Waals surface area contributed by atoms with Gasteiger partial charge in [-0.25, -0.2) is 4.39 Å². The van der Waals surface area contributed by atoms with Crippen LogP contribution in [0.4, 0.5) is 4.39 Å². The Morgan fingerprint density at radius 2 is 1.88 bits per heavy atom. The zero-order chi connectivity index (χ0) is 12.5. The highest BCUT2D eigenvalue weighted by Gasteiger charge is 2.25. The van der Waals surface area contributed by atoms with E-state index in [4.69, 9.17) is 4.74 Å². The van der Waals surface area contributed by atoms with Crippen LogP contribution in [0.2, 0.25) is 0 Å². The Kier molecular flexibility index (Phi) is 3.58. The Morgan fingerprint density at radius 3 is 2.25 bits per heavy atom. The number of hydrogen-bond donors (Lipinski definition) is 1. The average Bonchev–Trinajstić information content (AvgIpc) is 2.14. The van der Waals surface area contributed by atoms with E-state index in [9.17, 15) is 9.50 Å². The summed E-state index contributed by atoms with van der Waals surface area (Å²) >= 11 is 0. The van der Waals surface area contributed by atoms with Crippen LogP contribution in [0.1, 0.15) is 44.7 Å². The van der Waals surface area contributed by atoms with Crippen molar-refractivity contribution in [3.8, 4) is 5.75 Å². The maximum Gasteiger partial charge on any atom is 0.127 e. The molecule has 1 aromatic carbocycles. The standard InChI is InChI=1S/C13H19FO2/c1-8(2)12-10(13(3,4)15)6-9(14)7-11(12)16-5/h6-8,15H,1-5H3. The van der Waals surface area contributed by atoms with Crippen LogP contribution >= 0.6 is 0 Å². The first-order valence-corrected chi connectivity index (χ1v) is 5.37. The molecule has 0 atom stereocenters. The van der Waals surface area contributed by atoms with Crippen molar-refractivity contribution in [2.24, 2.45) is 0 Å². The second-order valence-electron chi connectivity index (χ2n) is 4.78. The zero-order valence-electron chi connectivity index (χ0n) is 10.5. The zero-order valence-corrected chi connectivity index (χ0v) is 10.5. The summed E-state index contributed by atoms with van der Waals surface area (Å²) in [4.78, 5) is 0. The summed E-state index contributed by atoms with van der Waals surface area (Å²) in [6.07, 6.45) is 0. The van der Waals surface area contributed by atoms with Gasteiger partial charge < -0.3 is 9.84 Å². The molecule has 0 heterocycles. The number of hydrogen-bond acceptors (Lipinski definition) is 2. The Hall–Kier alpha value is -1.09.